The number of amides is 3. The molecular formula is C36H36Cl2N6O6S. The summed E-state index contributed by atoms with van der Waals surface area (Å²) in [7, 11) is -3.86. The van der Waals surface area contributed by atoms with Gasteiger partial charge in [-0.1, -0.05) is 34.4 Å². The van der Waals surface area contributed by atoms with Gasteiger partial charge in [0.05, 0.1) is 27.5 Å². The Morgan fingerprint density at radius 1 is 1.02 bits per heavy atom. The van der Waals surface area contributed by atoms with Gasteiger partial charge in [0.15, 0.2) is 0 Å². The van der Waals surface area contributed by atoms with E-state index in [0.29, 0.717) is 76.3 Å². The van der Waals surface area contributed by atoms with E-state index in [1.54, 1.807) is 37.3 Å². The number of halogens is 2. The molecule has 3 amide bonds. The van der Waals surface area contributed by atoms with E-state index in [0.717, 1.165) is 37.0 Å². The molecular weight excluding hydrogens is 715 g/mol. The second-order valence-electron chi connectivity index (χ2n) is 14.1. The number of urea groups is 1. The van der Waals surface area contributed by atoms with Gasteiger partial charge < -0.3 is 19.5 Å². The lowest BCUT2D eigenvalue weighted by Gasteiger charge is -2.38. The number of hydrogen-bond donors (Lipinski definition) is 2. The Hall–Kier alpha value is -4.04. The average molecular weight is 752 g/mol. The molecule has 0 spiro atoms. The number of aromatic nitrogens is 3. The van der Waals surface area contributed by atoms with Crippen LogP contribution in [0, 0.1) is 0 Å². The topological polar surface area (TPSA) is 157 Å². The Labute approximate surface area is 305 Å². The lowest BCUT2D eigenvalue weighted by molar-refractivity contribution is -0.0158. The third-order valence-electron chi connectivity index (χ3n) is 10.6. The number of nitrogens with zero attached hydrogens (tertiary/aromatic N) is 4. The van der Waals surface area contributed by atoms with Crippen LogP contribution >= 0.6 is 23.2 Å². The minimum Gasteiger partial charge on any atom is -0.373 e. The van der Waals surface area contributed by atoms with Crippen LogP contribution in [0.1, 0.15) is 85.9 Å². The van der Waals surface area contributed by atoms with Crippen molar-refractivity contribution < 1.29 is 27.3 Å². The molecule has 2 atom stereocenters. The van der Waals surface area contributed by atoms with Crippen LogP contribution in [0.15, 0.2) is 59.6 Å². The molecule has 15 heteroatoms. The normalized spacial score (nSPS) is 22.1. The monoisotopic (exact) mass is 750 g/mol. The van der Waals surface area contributed by atoms with Crippen molar-refractivity contribution >= 4 is 50.9 Å². The van der Waals surface area contributed by atoms with Gasteiger partial charge in [-0.25, -0.2) is 27.9 Å². The molecule has 12 nitrogen and oxygen atoms in total. The second-order valence-corrected chi connectivity index (χ2v) is 17.2. The first kappa shape index (κ1) is 34.1. The van der Waals surface area contributed by atoms with Crippen LogP contribution in [0.2, 0.25) is 10.0 Å². The van der Waals surface area contributed by atoms with Crippen LogP contribution in [0.5, 0.6) is 0 Å². The molecule has 8 rings (SSSR count). The lowest BCUT2D eigenvalue weighted by atomic mass is 9.99. The summed E-state index contributed by atoms with van der Waals surface area (Å²) in [6, 6.07) is 9.83. The van der Waals surface area contributed by atoms with Gasteiger partial charge in [-0.3, -0.25) is 4.79 Å². The molecule has 4 heterocycles. The number of rotatable bonds is 10. The van der Waals surface area contributed by atoms with Gasteiger partial charge in [0.1, 0.15) is 17.8 Å². The number of carbonyl (C=O) groups is 2. The van der Waals surface area contributed by atoms with Gasteiger partial charge in [-0.15, -0.1) is 0 Å². The Morgan fingerprint density at radius 3 is 2.35 bits per heavy atom. The molecule has 2 aromatic carbocycles. The number of ether oxygens (including phenoxy) is 1. The average Bonchev–Trinajstić information content (AvgIpc) is 4.03. The Kier molecular flexibility index (Phi) is 8.80. The summed E-state index contributed by atoms with van der Waals surface area (Å²) in [5, 5.41) is 8.38. The SMILES string of the molecule is CC1(S(=O)(=O)NC(=O)c2ccc(NC(=O)N3C4CCC3CC(OCc3c(-c5c(Cl)cccc5Cl)noc3C3CC3)C4)cc2-c2cncnc2)CC1. The highest BCUT2D eigenvalue weighted by Crippen LogP contribution is 2.47. The van der Waals surface area contributed by atoms with E-state index in [1.165, 1.54) is 24.8 Å². The molecule has 2 aliphatic heterocycles. The third kappa shape index (κ3) is 6.61. The van der Waals surface area contributed by atoms with Crippen LogP contribution in [0.3, 0.4) is 0 Å². The van der Waals surface area contributed by atoms with Crippen LogP contribution in [-0.4, -0.2) is 63.3 Å². The maximum atomic E-state index is 13.8. The Bertz CT molecular complexity index is 2090. The lowest BCUT2D eigenvalue weighted by Crippen LogP contribution is -2.50. The molecule has 2 aliphatic carbocycles. The molecule has 2 aromatic heterocycles. The molecule has 4 aliphatic rings. The van der Waals surface area contributed by atoms with Crippen molar-refractivity contribution in [3.05, 3.63) is 82.1 Å². The number of nitrogens with one attached hydrogen (secondary N) is 2. The van der Waals surface area contributed by atoms with Crippen LogP contribution in [0.25, 0.3) is 22.4 Å². The van der Waals surface area contributed by atoms with Crippen molar-refractivity contribution in [3.8, 4) is 22.4 Å². The van der Waals surface area contributed by atoms with E-state index in [2.05, 4.69) is 25.2 Å². The van der Waals surface area contributed by atoms with Crippen LogP contribution in [-0.2, 0) is 21.4 Å². The van der Waals surface area contributed by atoms with Gasteiger partial charge >= 0.3 is 6.03 Å². The summed E-state index contributed by atoms with van der Waals surface area (Å²) >= 11 is 13.1. The fraction of sp³-hybridized carbons (Fsp3) is 0.417. The highest BCUT2D eigenvalue weighted by molar-refractivity contribution is 7.91. The van der Waals surface area contributed by atoms with Gasteiger partial charge in [-0.05, 0) is 94.2 Å². The zero-order valence-electron chi connectivity index (χ0n) is 27.8. The smallest absolute Gasteiger partial charge is 0.322 e. The fourth-order valence-corrected chi connectivity index (χ4v) is 9.09. The molecule has 266 valence electrons. The molecule has 2 saturated carbocycles. The molecule has 0 radical (unpaired) electrons. The summed E-state index contributed by atoms with van der Waals surface area (Å²) in [6.45, 7) is 1.92. The van der Waals surface area contributed by atoms with Crippen molar-refractivity contribution in [1.29, 1.82) is 0 Å². The zero-order chi connectivity index (χ0) is 35.5. The quantitative estimate of drug-likeness (QED) is 0.169. The second kappa shape index (κ2) is 13.2. The predicted molar refractivity (Wildman–Crippen MR) is 191 cm³/mol. The van der Waals surface area contributed by atoms with E-state index in [1.807, 2.05) is 4.90 Å². The van der Waals surface area contributed by atoms with Gasteiger partial charge in [-0.2, -0.15) is 0 Å². The van der Waals surface area contributed by atoms with Gasteiger partial charge in [0.25, 0.3) is 5.91 Å². The van der Waals surface area contributed by atoms with Crippen molar-refractivity contribution in [2.75, 3.05) is 5.32 Å². The Morgan fingerprint density at radius 2 is 1.71 bits per heavy atom. The first-order chi connectivity index (χ1) is 24.5. The minimum absolute atomic E-state index is 0.0161. The van der Waals surface area contributed by atoms with Gasteiger partial charge in [0, 0.05) is 58.3 Å². The summed E-state index contributed by atoms with van der Waals surface area (Å²) in [5.41, 5.74) is 3.60. The van der Waals surface area contributed by atoms with Gasteiger partial charge in [0.2, 0.25) is 10.0 Å². The molecule has 51 heavy (non-hydrogen) atoms. The van der Waals surface area contributed by atoms with E-state index in [4.69, 9.17) is 32.5 Å². The van der Waals surface area contributed by atoms with E-state index >= 15 is 0 Å². The van der Waals surface area contributed by atoms with Crippen molar-refractivity contribution in [2.24, 2.45) is 0 Å². The van der Waals surface area contributed by atoms with E-state index in [-0.39, 0.29) is 29.8 Å². The van der Waals surface area contributed by atoms with Crippen molar-refractivity contribution in [2.45, 2.75) is 93.7 Å². The number of carbonyl (C=O) groups excluding carboxylic acids is 2. The maximum Gasteiger partial charge on any atom is 0.322 e. The molecule has 2 saturated heterocycles. The fourth-order valence-electron chi connectivity index (χ4n) is 7.27. The van der Waals surface area contributed by atoms with E-state index in [9.17, 15) is 18.0 Å². The first-order valence-electron chi connectivity index (χ1n) is 17.1. The summed E-state index contributed by atoms with van der Waals surface area (Å²) in [5.74, 6) is 0.382. The van der Waals surface area contributed by atoms with Crippen molar-refractivity contribution in [1.82, 2.24) is 24.7 Å². The molecule has 2 N–H and O–H groups in total. The largest absolute Gasteiger partial charge is 0.373 e. The number of hydrogen-bond acceptors (Lipinski definition) is 9. The van der Waals surface area contributed by atoms with Crippen molar-refractivity contribution in [3.63, 3.8) is 0 Å². The number of piperidine rings is 1. The summed E-state index contributed by atoms with van der Waals surface area (Å²) in [4.78, 5) is 37.1. The number of anilines is 1. The summed E-state index contributed by atoms with van der Waals surface area (Å²) < 4.78 is 39.3. The van der Waals surface area contributed by atoms with Crippen LogP contribution < -0.4 is 10.0 Å². The molecule has 4 aromatic rings. The minimum atomic E-state index is -3.86. The van der Waals surface area contributed by atoms with E-state index < -0.39 is 20.7 Å². The molecule has 2 bridgehead atoms. The maximum absolute atomic E-state index is 13.8. The predicted octanol–water partition coefficient (Wildman–Crippen LogP) is 7.34. The summed E-state index contributed by atoms with van der Waals surface area (Å²) in [6.07, 6.45) is 10.5. The zero-order valence-corrected chi connectivity index (χ0v) is 30.1. The highest BCUT2D eigenvalue weighted by atomic mass is 35.5. The first-order valence-corrected chi connectivity index (χ1v) is 19.3. The number of sulfonamides is 1. The van der Waals surface area contributed by atoms with Crippen LogP contribution in [0.4, 0.5) is 10.5 Å². The number of benzene rings is 2. The Balaban J connectivity index is 0.964. The molecule has 4 fully saturated rings. The standard InChI is InChI=1S/C36H36Cl2N6O6S/c1-36(11-12-36)51(47,48)43-34(45)26-10-7-22(13-27(26)21-16-39-19-40-17-21)41-35(46)44-23-8-9-24(44)15-25(14-23)49-18-28-32(42-50-33(28)20-5-6-20)31-29(37)3-2-4-30(31)38/h2-4,7,10,13,16-17,19-20,23-25H,5-6,8-9,11-12,14-15,18H2,1H3,(H,41,46)(H,43,45). The molecule has 2 unspecified atom stereocenters. The third-order valence-corrected chi connectivity index (χ3v) is 13.4. The number of fused-ring (bicyclic) bond motifs is 2. The highest BCUT2D eigenvalue weighted by Gasteiger charge is 2.51.